The van der Waals surface area contributed by atoms with Crippen LogP contribution in [0.5, 0.6) is 0 Å². The summed E-state index contributed by atoms with van der Waals surface area (Å²) in [4.78, 5) is 4.06. The molecule has 0 bridgehead atoms. The Morgan fingerprint density at radius 3 is 3.12 bits per heavy atom. The molecule has 0 amide bonds. The first-order valence-electron chi connectivity index (χ1n) is 5.12. The van der Waals surface area contributed by atoms with Gasteiger partial charge in [-0.25, -0.2) is 4.68 Å². The van der Waals surface area contributed by atoms with Crippen molar-refractivity contribution in [3.63, 3.8) is 0 Å². The molecule has 0 aliphatic heterocycles. The van der Waals surface area contributed by atoms with Crippen LogP contribution >= 0.6 is 0 Å². The van der Waals surface area contributed by atoms with Crippen LogP contribution in [0, 0.1) is 6.92 Å². The molecule has 4 nitrogen and oxygen atoms in total. The van der Waals surface area contributed by atoms with Crippen molar-refractivity contribution >= 4 is 5.69 Å². The number of nitrogens with one attached hydrogen (secondary N) is 1. The molecule has 0 fully saturated rings. The van der Waals surface area contributed by atoms with E-state index >= 15 is 0 Å². The standard InChI is InChI=1S/C12H14N4/c1-3-6-14-12-9-16(15-10(12)2)11-5-4-7-13-8-11/h3-5,7-9,14H,1,6H2,2H3. The lowest BCUT2D eigenvalue weighted by molar-refractivity contribution is 0.857. The summed E-state index contributed by atoms with van der Waals surface area (Å²) in [5.74, 6) is 0. The molecule has 16 heavy (non-hydrogen) atoms. The zero-order chi connectivity index (χ0) is 11.4. The topological polar surface area (TPSA) is 42.7 Å². The van der Waals surface area contributed by atoms with Gasteiger partial charge in [-0.05, 0) is 19.1 Å². The van der Waals surface area contributed by atoms with Gasteiger partial charge >= 0.3 is 0 Å². The molecule has 0 radical (unpaired) electrons. The maximum absolute atomic E-state index is 4.41. The van der Waals surface area contributed by atoms with Crippen molar-refractivity contribution in [2.24, 2.45) is 0 Å². The van der Waals surface area contributed by atoms with Crippen molar-refractivity contribution in [2.45, 2.75) is 6.92 Å². The van der Waals surface area contributed by atoms with Crippen molar-refractivity contribution in [3.8, 4) is 5.69 Å². The maximum Gasteiger partial charge on any atom is 0.0829 e. The van der Waals surface area contributed by atoms with Crippen molar-refractivity contribution in [1.82, 2.24) is 14.8 Å². The Morgan fingerprint density at radius 1 is 1.56 bits per heavy atom. The van der Waals surface area contributed by atoms with E-state index in [1.807, 2.05) is 36.0 Å². The van der Waals surface area contributed by atoms with Gasteiger partial charge < -0.3 is 5.32 Å². The van der Waals surface area contributed by atoms with Gasteiger partial charge in [-0.15, -0.1) is 6.58 Å². The lowest BCUT2D eigenvalue weighted by Gasteiger charge is -1.99. The van der Waals surface area contributed by atoms with E-state index in [0.29, 0.717) is 0 Å². The number of hydrogen-bond acceptors (Lipinski definition) is 3. The average molecular weight is 214 g/mol. The number of rotatable bonds is 4. The van der Waals surface area contributed by atoms with Crippen LogP contribution in [-0.2, 0) is 0 Å². The summed E-state index contributed by atoms with van der Waals surface area (Å²) >= 11 is 0. The molecule has 82 valence electrons. The molecule has 0 atom stereocenters. The predicted octanol–water partition coefficient (Wildman–Crippen LogP) is 2.17. The van der Waals surface area contributed by atoms with Crippen molar-refractivity contribution in [1.29, 1.82) is 0 Å². The summed E-state index contributed by atoms with van der Waals surface area (Å²) in [6.45, 7) is 6.38. The summed E-state index contributed by atoms with van der Waals surface area (Å²) in [7, 11) is 0. The highest BCUT2D eigenvalue weighted by Crippen LogP contribution is 2.15. The van der Waals surface area contributed by atoms with Crippen LogP contribution < -0.4 is 5.32 Å². The lowest BCUT2D eigenvalue weighted by atomic mass is 10.4. The summed E-state index contributed by atoms with van der Waals surface area (Å²) in [6, 6.07) is 3.86. The number of pyridine rings is 1. The van der Waals surface area contributed by atoms with E-state index in [1.54, 1.807) is 12.4 Å². The molecule has 0 aromatic carbocycles. The van der Waals surface area contributed by atoms with Crippen LogP contribution in [0.3, 0.4) is 0 Å². The predicted molar refractivity (Wildman–Crippen MR) is 64.8 cm³/mol. The Labute approximate surface area is 94.6 Å². The Morgan fingerprint density at radius 2 is 2.44 bits per heavy atom. The zero-order valence-corrected chi connectivity index (χ0v) is 9.22. The average Bonchev–Trinajstić information content (AvgIpc) is 2.69. The van der Waals surface area contributed by atoms with E-state index in [1.165, 1.54) is 0 Å². The van der Waals surface area contributed by atoms with Gasteiger partial charge in [-0.1, -0.05) is 6.08 Å². The Bertz CT molecular complexity index is 473. The fraction of sp³-hybridized carbons (Fsp3) is 0.167. The summed E-state index contributed by atoms with van der Waals surface area (Å²) in [6.07, 6.45) is 7.30. The van der Waals surface area contributed by atoms with Gasteiger partial charge in [-0.3, -0.25) is 4.98 Å². The smallest absolute Gasteiger partial charge is 0.0829 e. The summed E-state index contributed by atoms with van der Waals surface area (Å²) in [5, 5.41) is 7.64. The number of aromatic nitrogens is 3. The Balaban J connectivity index is 2.27. The molecule has 0 saturated heterocycles. The van der Waals surface area contributed by atoms with Gasteiger partial charge in [0.05, 0.1) is 29.5 Å². The molecular formula is C12H14N4. The monoisotopic (exact) mass is 214 g/mol. The number of hydrogen-bond donors (Lipinski definition) is 1. The van der Waals surface area contributed by atoms with Gasteiger partial charge in [0, 0.05) is 12.7 Å². The van der Waals surface area contributed by atoms with Gasteiger partial charge in [0.1, 0.15) is 0 Å². The van der Waals surface area contributed by atoms with E-state index in [-0.39, 0.29) is 0 Å². The maximum atomic E-state index is 4.41. The highest BCUT2D eigenvalue weighted by Gasteiger charge is 2.04. The first-order valence-corrected chi connectivity index (χ1v) is 5.12. The van der Waals surface area contributed by atoms with Gasteiger partial charge in [0.2, 0.25) is 0 Å². The van der Waals surface area contributed by atoms with E-state index < -0.39 is 0 Å². The quantitative estimate of drug-likeness (QED) is 0.793. The molecule has 2 aromatic rings. The lowest BCUT2D eigenvalue weighted by Crippen LogP contribution is -1.97. The Hall–Kier alpha value is -2.10. The van der Waals surface area contributed by atoms with Gasteiger partial charge in [-0.2, -0.15) is 5.10 Å². The molecule has 0 aliphatic rings. The van der Waals surface area contributed by atoms with Gasteiger partial charge in [0.25, 0.3) is 0 Å². The van der Waals surface area contributed by atoms with E-state index in [2.05, 4.69) is 22.0 Å². The second kappa shape index (κ2) is 4.61. The van der Waals surface area contributed by atoms with Gasteiger partial charge in [0.15, 0.2) is 0 Å². The van der Waals surface area contributed by atoms with Crippen LogP contribution in [0.2, 0.25) is 0 Å². The molecule has 4 heteroatoms. The first-order chi connectivity index (χ1) is 7.81. The minimum Gasteiger partial charge on any atom is -0.379 e. The van der Waals surface area contributed by atoms with Crippen LogP contribution in [0.15, 0.2) is 43.4 Å². The van der Waals surface area contributed by atoms with Crippen LogP contribution in [0.4, 0.5) is 5.69 Å². The SMILES string of the molecule is C=CCNc1cn(-c2cccnc2)nc1C. The molecule has 0 saturated carbocycles. The molecule has 2 heterocycles. The van der Waals surface area contributed by atoms with Crippen LogP contribution in [-0.4, -0.2) is 21.3 Å². The second-order valence-corrected chi connectivity index (χ2v) is 3.45. The second-order valence-electron chi connectivity index (χ2n) is 3.45. The molecular weight excluding hydrogens is 200 g/mol. The molecule has 0 unspecified atom stereocenters. The van der Waals surface area contributed by atoms with Crippen molar-refractivity contribution in [2.75, 3.05) is 11.9 Å². The molecule has 2 rings (SSSR count). The summed E-state index contributed by atoms with van der Waals surface area (Å²) < 4.78 is 1.81. The van der Waals surface area contributed by atoms with E-state index in [9.17, 15) is 0 Å². The van der Waals surface area contributed by atoms with Crippen molar-refractivity contribution in [3.05, 3.63) is 49.1 Å². The fourth-order valence-corrected chi connectivity index (χ4v) is 1.44. The van der Waals surface area contributed by atoms with E-state index in [0.717, 1.165) is 23.6 Å². The van der Waals surface area contributed by atoms with Crippen molar-refractivity contribution < 1.29 is 0 Å². The molecule has 1 N–H and O–H groups in total. The Kier molecular flexibility index (Phi) is 3.00. The van der Waals surface area contributed by atoms with E-state index in [4.69, 9.17) is 0 Å². The third-order valence-corrected chi connectivity index (χ3v) is 2.25. The molecule has 0 spiro atoms. The number of anilines is 1. The highest BCUT2D eigenvalue weighted by molar-refractivity contribution is 5.48. The minimum atomic E-state index is 0.736. The minimum absolute atomic E-state index is 0.736. The number of nitrogens with zero attached hydrogens (tertiary/aromatic N) is 3. The normalized spacial score (nSPS) is 10.1. The van der Waals surface area contributed by atoms with Crippen LogP contribution in [0.25, 0.3) is 5.69 Å². The zero-order valence-electron chi connectivity index (χ0n) is 9.22. The first kappa shape index (κ1) is 10.4. The number of aryl methyl sites for hydroxylation is 1. The largest absolute Gasteiger partial charge is 0.379 e. The fourth-order valence-electron chi connectivity index (χ4n) is 1.44. The summed E-state index contributed by atoms with van der Waals surface area (Å²) in [5.41, 5.74) is 2.94. The molecule has 0 aliphatic carbocycles. The molecule has 2 aromatic heterocycles. The third kappa shape index (κ3) is 2.11. The van der Waals surface area contributed by atoms with Crippen LogP contribution in [0.1, 0.15) is 5.69 Å². The highest BCUT2D eigenvalue weighted by atomic mass is 15.3. The third-order valence-electron chi connectivity index (χ3n) is 2.25.